The molecular weight excluding hydrogens is 307 g/mol. The van der Waals surface area contributed by atoms with Crippen LogP contribution >= 0.6 is 34.7 Å². The zero-order valence-corrected chi connectivity index (χ0v) is 11.7. The highest BCUT2D eigenvalue weighted by molar-refractivity contribution is 7.03. The molecule has 19 heavy (non-hydrogen) atoms. The molecule has 0 radical (unpaired) electrons. The highest BCUT2D eigenvalue weighted by atomic mass is 35.5. The molecule has 0 saturated heterocycles. The molecule has 3 aliphatic heterocycles. The van der Waals surface area contributed by atoms with Gasteiger partial charge in [0.2, 0.25) is 0 Å². The summed E-state index contributed by atoms with van der Waals surface area (Å²) >= 11 is 13.6. The molecule has 2 bridgehead atoms. The van der Waals surface area contributed by atoms with Gasteiger partial charge in [0.25, 0.3) is 11.5 Å². The maximum Gasteiger partial charge on any atom is 0.278 e. The zero-order chi connectivity index (χ0) is 13.2. The predicted molar refractivity (Wildman–Crippen MR) is 71.6 cm³/mol. The molecule has 3 aliphatic rings. The third-order valence-electron chi connectivity index (χ3n) is 3.39. The maximum absolute atomic E-state index is 12.2. The minimum absolute atomic E-state index is 0.243. The number of carbonyl (C=O) groups is 1. The predicted octanol–water partition coefficient (Wildman–Crippen LogP) is 2.43. The standard InChI is InChI=1S/C12H6Cl2N2O2S/c13-9-8-4-6-7(3-5-1-2-19-16-5)15-11(17)12(6,18-8)10(9)14/h1-2,4H,3H2,(H,15,17). The minimum Gasteiger partial charge on any atom is -0.465 e. The Labute approximate surface area is 122 Å². The van der Waals surface area contributed by atoms with E-state index in [0.717, 1.165) is 17.0 Å². The number of nitrogens with zero attached hydrogens (tertiary/aromatic N) is 1. The molecule has 1 aromatic heterocycles. The summed E-state index contributed by atoms with van der Waals surface area (Å²) in [6, 6.07) is 1.92. The van der Waals surface area contributed by atoms with Gasteiger partial charge in [-0.15, -0.1) is 0 Å². The molecule has 4 nitrogen and oxygen atoms in total. The lowest BCUT2D eigenvalue weighted by molar-refractivity contribution is -0.129. The number of amides is 1. The molecule has 0 saturated carbocycles. The SMILES string of the molecule is O=C1NC(Cc2ccsn2)=C2C=C3OC12C(Cl)=C3Cl. The summed E-state index contributed by atoms with van der Waals surface area (Å²) in [7, 11) is 0. The van der Waals surface area contributed by atoms with Gasteiger partial charge in [0.05, 0.1) is 10.7 Å². The fraction of sp³-hybridized carbons (Fsp3) is 0.167. The van der Waals surface area contributed by atoms with E-state index in [9.17, 15) is 4.79 Å². The Kier molecular flexibility index (Phi) is 2.20. The van der Waals surface area contributed by atoms with Gasteiger partial charge in [-0.1, -0.05) is 23.2 Å². The summed E-state index contributed by atoms with van der Waals surface area (Å²) in [5.41, 5.74) is 1.17. The lowest BCUT2D eigenvalue weighted by Gasteiger charge is -2.18. The van der Waals surface area contributed by atoms with Crippen LogP contribution < -0.4 is 5.32 Å². The molecule has 96 valence electrons. The number of nitrogens with one attached hydrogen (secondary N) is 1. The van der Waals surface area contributed by atoms with Gasteiger partial charge in [0.1, 0.15) is 10.8 Å². The molecule has 4 heterocycles. The van der Waals surface area contributed by atoms with Gasteiger partial charge in [-0.2, -0.15) is 4.37 Å². The molecule has 0 aromatic carbocycles. The first-order chi connectivity index (χ1) is 9.13. The summed E-state index contributed by atoms with van der Waals surface area (Å²) in [6.07, 6.45) is 2.31. The van der Waals surface area contributed by atoms with Gasteiger partial charge in [0.15, 0.2) is 0 Å². The van der Waals surface area contributed by atoms with Crippen molar-refractivity contribution in [3.8, 4) is 0 Å². The van der Waals surface area contributed by atoms with E-state index in [1.54, 1.807) is 6.08 Å². The first kappa shape index (κ1) is 11.5. The Morgan fingerprint density at radius 2 is 2.32 bits per heavy atom. The topological polar surface area (TPSA) is 51.2 Å². The summed E-state index contributed by atoms with van der Waals surface area (Å²) in [6.45, 7) is 0. The van der Waals surface area contributed by atoms with Crippen molar-refractivity contribution < 1.29 is 9.53 Å². The second-order valence-corrected chi connectivity index (χ2v) is 5.86. The number of hydrogen-bond acceptors (Lipinski definition) is 4. The number of aromatic nitrogens is 1. The quantitative estimate of drug-likeness (QED) is 0.912. The van der Waals surface area contributed by atoms with E-state index < -0.39 is 5.60 Å². The van der Waals surface area contributed by atoms with Crippen LogP contribution in [-0.4, -0.2) is 15.9 Å². The maximum atomic E-state index is 12.2. The number of carbonyl (C=O) groups excluding carboxylic acids is 1. The monoisotopic (exact) mass is 312 g/mol. The van der Waals surface area contributed by atoms with Crippen molar-refractivity contribution in [1.29, 1.82) is 0 Å². The number of allylic oxidation sites excluding steroid dienone is 2. The smallest absolute Gasteiger partial charge is 0.278 e. The first-order valence-electron chi connectivity index (χ1n) is 5.54. The van der Waals surface area contributed by atoms with Gasteiger partial charge < -0.3 is 10.1 Å². The summed E-state index contributed by atoms with van der Waals surface area (Å²) in [5, 5.41) is 5.28. The van der Waals surface area contributed by atoms with Gasteiger partial charge in [-0.05, 0) is 23.7 Å². The van der Waals surface area contributed by atoms with Crippen molar-refractivity contribution in [2.24, 2.45) is 0 Å². The van der Waals surface area contributed by atoms with Gasteiger partial charge >= 0.3 is 0 Å². The molecule has 1 spiro atoms. The second kappa shape index (κ2) is 3.62. The minimum atomic E-state index is -1.25. The molecule has 1 amide bonds. The lowest BCUT2D eigenvalue weighted by atomic mass is 9.92. The van der Waals surface area contributed by atoms with Gasteiger partial charge in [0, 0.05) is 23.1 Å². The van der Waals surface area contributed by atoms with Crippen molar-refractivity contribution in [2.45, 2.75) is 12.0 Å². The molecule has 7 heteroatoms. The number of rotatable bonds is 2. The molecule has 4 rings (SSSR count). The van der Waals surface area contributed by atoms with Crippen LogP contribution in [0.2, 0.25) is 0 Å². The lowest BCUT2D eigenvalue weighted by Crippen LogP contribution is -2.40. The summed E-state index contributed by atoms with van der Waals surface area (Å²) in [4.78, 5) is 12.2. The highest BCUT2D eigenvalue weighted by Gasteiger charge is 2.61. The van der Waals surface area contributed by atoms with Crippen LogP contribution in [0.1, 0.15) is 5.69 Å². The summed E-state index contributed by atoms with van der Waals surface area (Å²) in [5.74, 6) is 0.173. The van der Waals surface area contributed by atoms with E-state index in [0.29, 0.717) is 17.2 Å². The van der Waals surface area contributed by atoms with Crippen LogP contribution in [0.4, 0.5) is 0 Å². The average Bonchev–Trinajstić information content (AvgIpc) is 3.09. The van der Waals surface area contributed by atoms with E-state index in [1.165, 1.54) is 11.5 Å². The molecule has 0 aliphatic carbocycles. The van der Waals surface area contributed by atoms with Crippen molar-refractivity contribution in [3.63, 3.8) is 0 Å². The normalized spacial score (nSPS) is 27.7. The summed E-state index contributed by atoms with van der Waals surface area (Å²) < 4.78 is 9.84. The Morgan fingerprint density at radius 3 is 3.00 bits per heavy atom. The average molecular weight is 313 g/mol. The van der Waals surface area contributed by atoms with E-state index in [4.69, 9.17) is 27.9 Å². The van der Waals surface area contributed by atoms with Crippen molar-refractivity contribution in [3.05, 3.63) is 50.3 Å². The molecule has 1 N–H and O–H groups in total. The molecule has 1 atom stereocenters. The molecular formula is C12H6Cl2N2O2S. The Morgan fingerprint density at radius 1 is 1.47 bits per heavy atom. The fourth-order valence-corrected chi connectivity index (χ4v) is 3.61. The van der Waals surface area contributed by atoms with Crippen molar-refractivity contribution in [1.82, 2.24) is 9.69 Å². The second-order valence-electron chi connectivity index (χ2n) is 4.43. The largest absolute Gasteiger partial charge is 0.465 e. The van der Waals surface area contributed by atoms with Crippen molar-refractivity contribution >= 4 is 40.6 Å². The van der Waals surface area contributed by atoms with E-state index >= 15 is 0 Å². The fourth-order valence-electron chi connectivity index (χ4n) is 2.53. The van der Waals surface area contributed by atoms with E-state index in [-0.39, 0.29) is 10.9 Å². The Balaban J connectivity index is 1.83. The number of fused-ring (bicyclic) bond motifs is 1. The first-order valence-corrected chi connectivity index (χ1v) is 7.13. The van der Waals surface area contributed by atoms with E-state index in [2.05, 4.69) is 9.69 Å². The van der Waals surface area contributed by atoms with Crippen LogP contribution in [0.15, 0.2) is 44.6 Å². The number of hydrogen-bond donors (Lipinski definition) is 1. The molecule has 0 fully saturated rings. The Hall–Kier alpha value is -1.30. The van der Waals surface area contributed by atoms with Crippen LogP contribution in [0.25, 0.3) is 0 Å². The van der Waals surface area contributed by atoms with Crippen LogP contribution in [0.3, 0.4) is 0 Å². The number of ether oxygens (including phenoxy) is 1. The molecule has 1 aromatic rings. The van der Waals surface area contributed by atoms with Crippen LogP contribution in [-0.2, 0) is 16.0 Å². The van der Waals surface area contributed by atoms with Crippen molar-refractivity contribution in [2.75, 3.05) is 0 Å². The van der Waals surface area contributed by atoms with Crippen LogP contribution in [0, 0.1) is 0 Å². The zero-order valence-electron chi connectivity index (χ0n) is 9.37. The third kappa shape index (κ3) is 1.30. The highest BCUT2D eigenvalue weighted by Crippen LogP contribution is 2.55. The van der Waals surface area contributed by atoms with E-state index in [1.807, 2.05) is 11.4 Å². The number of halogens is 2. The Bertz CT molecular complexity index is 705. The van der Waals surface area contributed by atoms with Gasteiger partial charge in [-0.3, -0.25) is 4.79 Å². The molecule has 1 unspecified atom stereocenters. The third-order valence-corrected chi connectivity index (χ3v) is 4.92. The van der Waals surface area contributed by atoms with Crippen LogP contribution in [0.5, 0.6) is 0 Å². The van der Waals surface area contributed by atoms with Gasteiger partial charge in [-0.25, -0.2) is 0 Å².